The van der Waals surface area contributed by atoms with E-state index in [4.69, 9.17) is 34.5 Å². The highest BCUT2D eigenvalue weighted by molar-refractivity contribution is 7.56. The van der Waals surface area contributed by atoms with Crippen molar-refractivity contribution in [1.82, 2.24) is 39.0 Å². The highest BCUT2D eigenvalue weighted by Crippen LogP contribution is 2.54. The molecule has 22 heteroatoms. The van der Waals surface area contributed by atoms with Gasteiger partial charge in [0.25, 0.3) is 0 Å². The normalized spacial score (nSPS) is 37.5. The summed E-state index contributed by atoms with van der Waals surface area (Å²) in [6, 6.07) is 0. The molecule has 0 amide bonds. The minimum absolute atomic E-state index is 0.0231. The van der Waals surface area contributed by atoms with E-state index < -0.39 is 65.1 Å². The van der Waals surface area contributed by atoms with E-state index in [9.17, 15) is 18.9 Å². The first-order valence-corrected chi connectivity index (χ1v) is 15.8. The van der Waals surface area contributed by atoms with Crippen LogP contribution in [0.15, 0.2) is 37.2 Å². The lowest BCUT2D eigenvalue weighted by Crippen LogP contribution is -2.34. The number of nitrogens with zero attached hydrogens (tertiary/aromatic N) is 8. The highest BCUT2D eigenvalue weighted by Gasteiger charge is 2.51. The maximum absolute atomic E-state index is 15.9. The summed E-state index contributed by atoms with van der Waals surface area (Å²) in [6.07, 6.45) is -3.74. The monoisotopic (exact) mass is 640 g/mol. The third-order valence-electron chi connectivity index (χ3n) is 7.15. The summed E-state index contributed by atoms with van der Waals surface area (Å²) >= 11 is 0. The van der Waals surface area contributed by atoms with Crippen LogP contribution in [0.25, 0.3) is 22.3 Å². The second kappa shape index (κ2) is 10.3. The van der Waals surface area contributed by atoms with Gasteiger partial charge in [0.05, 0.1) is 19.3 Å². The van der Waals surface area contributed by atoms with E-state index in [2.05, 4.69) is 29.9 Å². The molecule has 3 aliphatic heterocycles. The molecule has 228 valence electrons. The van der Waals surface area contributed by atoms with Gasteiger partial charge in [0.1, 0.15) is 54.3 Å². The first-order chi connectivity index (χ1) is 20.5. The summed E-state index contributed by atoms with van der Waals surface area (Å²) in [4.78, 5) is 45.4. The van der Waals surface area contributed by atoms with Gasteiger partial charge in [-0.05, 0) is 6.08 Å². The predicted octanol–water partition coefficient (Wildman–Crippen LogP) is 0.954. The van der Waals surface area contributed by atoms with Crippen LogP contribution in [0.3, 0.4) is 0 Å². The van der Waals surface area contributed by atoms with Crippen molar-refractivity contribution < 1.29 is 46.4 Å². The van der Waals surface area contributed by atoms with E-state index in [1.54, 1.807) is 0 Å². The molecule has 0 radical (unpaired) electrons. The number of phosphoric ester groups is 1. The van der Waals surface area contributed by atoms with E-state index in [0.717, 1.165) is 18.2 Å². The second-order valence-electron chi connectivity index (χ2n) is 9.85. The van der Waals surface area contributed by atoms with Gasteiger partial charge >= 0.3 is 15.4 Å². The number of alkyl halides is 1. The van der Waals surface area contributed by atoms with E-state index in [-0.39, 0.29) is 29.2 Å². The fourth-order valence-electron chi connectivity index (χ4n) is 5.20. The molecular weight excluding hydrogens is 617 g/mol. The average Bonchev–Trinajstić information content (AvgIpc) is 3.72. The fraction of sp³-hybridized carbons (Fsp3) is 0.429. The van der Waals surface area contributed by atoms with Crippen LogP contribution in [0.1, 0.15) is 18.9 Å². The quantitative estimate of drug-likeness (QED) is 0.222. The molecule has 19 nitrogen and oxygen atoms in total. The van der Waals surface area contributed by atoms with Crippen molar-refractivity contribution >= 4 is 49.4 Å². The molecule has 9 atom stereocenters. The lowest BCUT2D eigenvalue weighted by Gasteiger charge is -2.25. The summed E-state index contributed by atoms with van der Waals surface area (Å²) in [6.45, 7) is -0.743. The number of aromatic nitrogens is 8. The number of fused-ring (bicyclic) bond motifs is 4. The van der Waals surface area contributed by atoms with E-state index in [1.807, 2.05) is 0 Å². The summed E-state index contributed by atoms with van der Waals surface area (Å²) in [7, 11) is -9.49. The smallest absolute Gasteiger partial charge is 0.382 e. The zero-order chi connectivity index (χ0) is 30.1. The second-order valence-corrected chi connectivity index (χ2v) is 12.9. The summed E-state index contributed by atoms with van der Waals surface area (Å²) in [5.41, 5.74) is 12.6. The number of nitrogens with two attached hydrogens (primary N) is 2. The minimum Gasteiger partial charge on any atom is -0.382 e. The Kier molecular flexibility index (Phi) is 6.80. The van der Waals surface area contributed by atoms with Gasteiger partial charge in [0.15, 0.2) is 35.3 Å². The Hall–Kier alpha value is -3.45. The number of ether oxygens (including phenoxy) is 2. The van der Waals surface area contributed by atoms with Crippen LogP contribution in [0, 0.1) is 0 Å². The molecule has 2 saturated heterocycles. The standard InChI is InChI=1S/C21H23FN10O9P2/c22-13-16-11(39-21(13)32-8-30-15-18(24)26-6-28-20(15)32)4-37-43(35,36)40-10-3-12(38-9(10)1-2-42(33,34)41-16)31-7-29-14-17(23)25-5-27-19(14)31/h1-2,5-13,16,21H,3-4H2,(H,33,34)(H,35,36)(H2,23,25,27)(H2,24,26,28)/b2-1-/t9-,10+,11-,12-,13-,16-,21-/m1/s1. The van der Waals surface area contributed by atoms with Crippen molar-refractivity contribution in [3.8, 4) is 0 Å². The lowest BCUT2D eigenvalue weighted by molar-refractivity contribution is -0.0475. The molecule has 4 aromatic rings. The zero-order valence-electron chi connectivity index (χ0n) is 21.7. The third-order valence-corrected chi connectivity index (χ3v) is 9.25. The SMILES string of the molecule is Nc1ncnc2c1ncn2[C@@H]1O[C@@H]2COP(=O)(O)O[C@H]3C[C@H](n4cnc5c(N)ncnc54)O[C@@H]3/C=C\P(=O)(O)O[C@H]2[C@H]1F. The van der Waals surface area contributed by atoms with Crippen LogP contribution in [0.2, 0.25) is 0 Å². The molecule has 0 saturated carbocycles. The molecule has 0 aliphatic carbocycles. The van der Waals surface area contributed by atoms with Gasteiger partial charge < -0.3 is 30.7 Å². The Morgan fingerprint density at radius 2 is 1.53 bits per heavy atom. The molecule has 2 unspecified atom stereocenters. The fourth-order valence-corrected chi connectivity index (χ4v) is 7.20. The van der Waals surface area contributed by atoms with Crippen LogP contribution in [-0.2, 0) is 32.2 Å². The number of anilines is 2. The highest BCUT2D eigenvalue weighted by atomic mass is 31.2. The Morgan fingerprint density at radius 3 is 2.23 bits per heavy atom. The topological polar surface area (TPSA) is 260 Å². The summed E-state index contributed by atoms with van der Waals surface area (Å²) in [5, 5.41) is 0. The molecule has 7 heterocycles. The Morgan fingerprint density at radius 1 is 0.884 bits per heavy atom. The van der Waals surface area contributed by atoms with Gasteiger partial charge in [0, 0.05) is 12.2 Å². The van der Waals surface area contributed by atoms with Crippen molar-refractivity contribution in [2.24, 2.45) is 0 Å². The molecule has 0 bridgehead atoms. The van der Waals surface area contributed by atoms with Crippen LogP contribution in [0.4, 0.5) is 16.0 Å². The van der Waals surface area contributed by atoms with Gasteiger partial charge in [-0.1, -0.05) is 0 Å². The molecule has 7 rings (SSSR count). The number of hydrogen-bond acceptors (Lipinski definition) is 15. The van der Waals surface area contributed by atoms with Crippen LogP contribution < -0.4 is 11.5 Å². The van der Waals surface area contributed by atoms with Gasteiger partial charge in [-0.25, -0.2) is 38.9 Å². The number of halogens is 1. The molecule has 6 N–H and O–H groups in total. The largest absolute Gasteiger partial charge is 0.472 e. The number of nitrogen functional groups attached to an aromatic ring is 2. The summed E-state index contributed by atoms with van der Waals surface area (Å²) in [5.74, 6) is 0.974. The molecule has 2 fully saturated rings. The van der Waals surface area contributed by atoms with Gasteiger partial charge in [0.2, 0.25) is 0 Å². The molecule has 0 spiro atoms. The maximum Gasteiger partial charge on any atom is 0.472 e. The number of phosphoric acid groups is 1. The van der Waals surface area contributed by atoms with E-state index in [0.29, 0.717) is 11.2 Å². The Bertz CT molecular complexity index is 1840. The first kappa shape index (κ1) is 28.3. The van der Waals surface area contributed by atoms with Crippen molar-refractivity contribution in [1.29, 1.82) is 0 Å². The number of imidazole rings is 2. The molecule has 3 aliphatic rings. The number of rotatable bonds is 2. The van der Waals surface area contributed by atoms with Gasteiger partial charge in [-0.15, -0.1) is 0 Å². The summed E-state index contributed by atoms with van der Waals surface area (Å²) < 4.78 is 72.4. The maximum atomic E-state index is 15.9. The third kappa shape index (κ3) is 5.09. The van der Waals surface area contributed by atoms with E-state index >= 15 is 4.39 Å². The molecule has 43 heavy (non-hydrogen) atoms. The number of hydrogen-bond donors (Lipinski definition) is 4. The lowest BCUT2D eigenvalue weighted by atomic mass is 10.1. The first-order valence-electron chi connectivity index (χ1n) is 12.7. The van der Waals surface area contributed by atoms with Crippen molar-refractivity contribution in [2.75, 3.05) is 18.1 Å². The van der Waals surface area contributed by atoms with Crippen molar-refractivity contribution in [3.05, 3.63) is 37.2 Å². The Labute approximate surface area is 239 Å². The molecule has 0 aromatic carbocycles. The van der Waals surface area contributed by atoms with Gasteiger partial charge in [-0.3, -0.25) is 27.3 Å². The van der Waals surface area contributed by atoms with Crippen LogP contribution in [-0.4, -0.2) is 86.0 Å². The van der Waals surface area contributed by atoms with Gasteiger partial charge in [-0.2, -0.15) is 0 Å². The van der Waals surface area contributed by atoms with Crippen LogP contribution >= 0.6 is 15.4 Å². The van der Waals surface area contributed by atoms with E-state index in [1.165, 1.54) is 28.1 Å². The zero-order valence-corrected chi connectivity index (χ0v) is 23.5. The predicted molar refractivity (Wildman–Crippen MR) is 141 cm³/mol. The molecular formula is C21H23FN10O9P2. The van der Waals surface area contributed by atoms with Crippen molar-refractivity contribution in [3.63, 3.8) is 0 Å². The minimum atomic E-state index is -4.82. The van der Waals surface area contributed by atoms with Crippen molar-refractivity contribution in [2.45, 2.75) is 49.5 Å². The van der Waals surface area contributed by atoms with Crippen LogP contribution in [0.5, 0.6) is 0 Å². The Balaban J connectivity index is 1.18. The molecule has 4 aromatic heterocycles. The average molecular weight is 640 g/mol.